The number of anilines is 1. The molecule has 0 atom stereocenters. The molecule has 2 aromatic carbocycles. The number of ether oxygens (including phenoxy) is 3. The summed E-state index contributed by atoms with van der Waals surface area (Å²) in [6, 6.07) is 13.2. The highest BCUT2D eigenvalue weighted by Gasteiger charge is 2.18. The molecular weight excluding hydrogens is 370 g/mol. The number of aromatic nitrogens is 1. The van der Waals surface area contributed by atoms with Crippen molar-refractivity contribution < 1.29 is 19.0 Å². The minimum atomic E-state index is -0.258. The summed E-state index contributed by atoms with van der Waals surface area (Å²) >= 11 is 0. The zero-order chi connectivity index (χ0) is 19.6. The molecule has 7 nitrogen and oxygen atoms in total. The van der Waals surface area contributed by atoms with Gasteiger partial charge in [0.15, 0.2) is 11.5 Å². The van der Waals surface area contributed by atoms with Crippen LogP contribution in [0.3, 0.4) is 0 Å². The standard InChI is InChI=1S/C22H19N3O4/c26-22(24-8-5-14-1-4-19-21(9-14)29-13-28-19)25-16-2-3-18-17-6-7-23-11-15(17)12-27-20(18)10-16/h1-4,6-7,9-11H,5,8,12-13H2,(H2,24,25,26). The van der Waals surface area contributed by atoms with Crippen molar-refractivity contribution in [3.8, 4) is 28.4 Å². The summed E-state index contributed by atoms with van der Waals surface area (Å²) in [5.74, 6) is 2.26. The van der Waals surface area contributed by atoms with E-state index in [0.29, 0.717) is 25.3 Å². The minimum Gasteiger partial charge on any atom is -0.488 e. The van der Waals surface area contributed by atoms with Gasteiger partial charge in [-0.25, -0.2) is 4.79 Å². The smallest absolute Gasteiger partial charge is 0.319 e. The molecule has 5 rings (SSSR count). The number of hydrogen-bond donors (Lipinski definition) is 2. The van der Waals surface area contributed by atoms with Crippen LogP contribution in [0.15, 0.2) is 54.9 Å². The molecule has 0 bridgehead atoms. The molecule has 146 valence electrons. The molecule has 0 spiro atoms. The van der Waals surface area contributed by atoms with Crippen LogP contribution in [0.2, 0.25) is 0 Å². The van der Waals surface area contributed by atoms with Crippen molar-refractivity contribution in [2.24, 2.45) is 0 Å². The number of carbonyl (C=O) groups is 1. The van der Waals surface area contributed by atoms with Crippen molar-refractivity contribution in [3.63, 3.8) is 0 Å². The lowest BCUT2D eigenvalue weighted by Crippen LogP contribution is -2.30. The lowest BCUT2D eigenvalue weighted by molar-refractivity contribution is 0.174. The van der Waals surface area contributed by atoms with Crippen molar-refractivity contribution in [1.29, 1.82) is 0 Å². The number of urea groups is 1. The number of carbonyl (C=O) groups excluding carboxylic acids is 1. The van der Waals surface area contributed by atoms with Gasteiger partial charge in [-0.15, -0.1) is 0 Å². The quantitative estimate of drug-likeness (QED) is 0.711. The highest BCUT2D eigenvalue weighted by atomic mass is 16.7. The van der Waals surface area contributed by atoms with E-state index in [1.165, 1.54) is 0 Å². The first-order valence-corrected chi connectivity index (χ1v) is 9.40. The van der Waals surface area contributed by atoms with Gasteiger partial charge in [-0.2, -0.15) is 0 Å². The summed E-state index contributed by atoms with van der Waals surface area (Å²) in [6.07, 6.45) is 4.29. The third kappa shape index (κ3) is 3.54. The summed E-state index contributed by atoms with van der Waals surface area (Å²) < 4.78 is 16.5. The highest BCUT2D eigenvalue weighted by molar-refractivity contribution is 5.90. The Morgan fingerprint density at radius 3 is 2.86 bits per heavy atom. The third-order valence-electron chi connectivity index (χ3n) is 4.95. The molecule has 0 unspecified atom stereocenters. The summed E-state index contributed by atoms with van der Waals surface area (Å²) in [6.45, 7) is 1.24. The molecule has 0 aliphatic carbocycles. The maximum Gasteiger partial charge on any atom is 0.319 e. The number of fused-ring (bicyclic) bond motifs is 4. The van der Waals surface area contributed by atoms with Gasteiger partial charge in [0.1, 0.15) is 12.4 Å². The Labute approximate surface area is 167 Å². The van der Waals surface area contributed by atoms with E-state index in [1.54, 1.807) is 6.20 Å². The van der Waals surface area contributed by atoms with Gasteiger partial charge in [0.05, 0.1) is 0 Å². The molecule has 3 aromatic rings. The average Bonchev–Trinajstić information content (AvgIpc) is 3.21. The first-order valence-electron chi connectivity index (χ1n) is 9.40. The Morgan fingerprint density at radius 1 is 0.966 bits per heavy atom. The summed E-state index contributed by atoms with van der Waals surface area (Å²) in [5, 5.41) is 5.73. The zero-order valence-electron chi connectivity index (χ0n) is 15.6. The average molecular weight is 389 g/mol. The van der Waals surface area contributed by atoms with E-state index in [9.17, 15) is 4.79 Å². The molecule has 7 heteroatoms. The number of nitrogens with one attached hydrogen (secondary N) is 2. The van der Waals surface area contributed by atoms with Crippen molar-refractivity contribution in [2.45, 2.75) is 13.0 Å². The van der Waals surface area contributed by atoms with Gasteiger partial charge < -0.3 is 24.8 Å². The molecule has 0 saturated carbocycles. The van der Waals surface area contributed by atoms with Crippen LogP contribution in [0.4, 0.5) is 10.5 Å². The van der Waals surface area contributed by atoms with E-state index in [4.69, 9.17) is 14.2 Å². The Morgan fingerprint density at radius 2 is 1.90 bits per heavy atom. The van der Waals surface area contributed by atoms with Gasteiger partial charge in [-0.3, -0.25) is 4.98 Å². The molecule has 1 aromatic heterocycles. The fourth-order valence-corrected chi connectivity index (χ4v) is 3.49. The molecular formula is C22H19N3O4. The van der Waals surface area contributed by atoms with Crippen LogP contribution in [0.1, 0.15) is 11.1 Å². The van der Waals surface area contributed by atoms with Crippen LogP contribution >= 0.6 is 0 Å². The minimum absolute atomic E-state index is 0.256. The van der Waals surface area contributed by atoms with Crippen LogP contribution < -0.4 is 24.8 Å². The molecule has 2 amide bonds. The van der Waals surface area contributed by atoms with Crippen molar-refractivity contribution in [1.82, 2.24) is 10.3 Å². The molecule has 2 aliphatic rings. The molecule has 29 heavy (non-hydrogen) atoms. The zero-order valence-corrected chi connectivity index (χ0v) is 15.6. The van der Waals surface area contributed by atoms with E-state index in [0.717, 1.165) is 39.5 Å². The fourth-order valence-electron chi connectivity index (χ4n) is 3.49. The van der Waals surface area contributed by atoms with E-state index < -0.39 is 0 Å². The lowest BCUT2D eigenvalue weighted by Gasteiger charge is -2.21. The normalized spacial score (nSPS) is 13.1. The van der Waals surface area contributed by atoms with E-state index in [2.05, 4.69) is 15.6 Å². The topological polar surface area (TPSA) is 81.7 Å². The Hall–Kier alpha value is -3.74. The summed E-state index contributed by atoms with van der Waals surface area (Å²) in [4.78, 5) is 16.4. The molecule has 0 radical (unpaired) electrons. The van der Waals surface area contributed by atoms with Crippen LogP contribution in [0, 0.1) is 0 Å². The van der Waals surface area contributed by atoms with Gasteiger partial charge in [0, 0.05) is 41.8 Å². The van der Waals surface area contributed by atoms with Gasteiger partial charge in [0.25, 0.3) is 0 Å². The van der Waals surface area contributed by atoms with Crippen LogP contribution in [-0.2, 0) is 13.0 Å². The molecule has 2 aliphatic heterocycles. The molecule has 0 saturated heterocycles. The van der Waals surface area contributed by atoms with E-state index >= 15 is 0 Å². The number of amides is 2. The monoisotopic (exact) mass is 389 g/mol. The first-order chi connectivity index (χ1) is 14.3. The number of benzene rings is 2. The second-order valence-electron chi connectivity index (χ2n) is 6.85. The number of pyridine rings is 1. The number of rotatable bonds is 4. The fraction of sp³-hybridized carbons (Fsp3) is 0.182. The van der Waals surface area contributed by atoms with Crippen LogP contribution in [0.5, 0.6) is 17.2 Å². The van der Waals surface area contributed by atoms with Crippen molar-refractivity contribution in [3.05, 3.63) is 66.0 Å². The first kappa shape index (κ1) is 17.4. The predicted octanol–water partition coefficient (Wildman–Crippen LogP) is 3.73. The Kier molecular flexibility index (Phi) is 4.40. The van der Waals surface area contributed by atoms with E-state index in [1.807, 2.05) is 48.7 Å². The maximum absolute atomic E-state index is 12.2. The Bertz CT molecular complexity index is 1080. The van der Waals surface area contributed by atoms with Gasteiger partial charge in [0.2, 0.25) is 6.79 Å². The molecule has 2 N–H and O–H groups in total. The van der Waals surface area contributed by atoms with Crippen LogP contribution in [0.25, 0.3) is 11.1 Å². The molecule has 3 heterocycles. The van der Waals surface area contributed by atoms with Crippen molar-refractivity contribution in [2.75, 3.05) is 18.7 Å². The molecule has 0 fully saturated rings. The van der Waals surface area contributed by atoms with Gasteiger partial charge >= 0.3 is 6.03 Å². The highest BCUT2D eigenvalue weighted by Crippen LogP contribution is 2.38. The van der Waals surface area contributed by atoms with Gasteiger partial charge in [-0.1, -0.05) is 6.07 Å². The van der Waals surface area contributed by atoms with Crippen LogP contribution in [-0.4, -0.2) is 24.4 Å². The number of hydrogen-bond acceptors (Lipinski definition) is 5. The number of nitrogens with zero attached hydrogens (tertiary/aromatic N) is 1. The van der Waals surface area contributed by atoms with E-state index in [-0.39, 0.29) is 12.8 Å². The van der Waals surface area contributed by atoms with Crippen molar-refractivity contribution >= 4 is 11.7 Å². The second kappa shape index (κ2) is 7.35. The SMILES string of the molecule is O=C(NCCc1ccc2c(c1)OCO2)Nc1ccc2c(c1)OCc1cnccc1-2. The lowest BCUT2D eigenvalue weighted by atomic mass is 9.99. The largest absolute Gasteiger partial charge is 0.488 e. The predicted molar refractivity (Wildman–Crippen MR) is 107 cm³/mol. The summed E-state index contributed by atoms with van der Waals surface area (Å²) in [5.41, 5.74) is 4.93. The second-order valence-corrected chi connectivity index (χ2v) is 6.85. The van der Waals surface area contributed by atoms with Gasteiger partial charge in [-0.05, 0) is 47.9 Å². The third-order valence-corrected chi connectivity index (χ3v) is 4.95. The summed E-state index contributed by atoms with van der Waals surface area (Å²) in [7, 11) is 0. The Balaban J connectivity index is 1.18. The maximum atomic E-state index is 12.2.